The highest BCUT2D eigenvalue weighted by molar-refractivity contribution is 9.10. The van der Waals surface area contributed by atoms with E-state index in [0.29, 0.717) is 6.04 Å². The van der Waals surface area contributed by atoms with Crippen LogP contribution in [0.4, 0.5) is 0 Å². The first-order valence-corrected chi connectivity index (χ1v) is 8.96. The van der Waals surface area contributed by atoms with Crippen molar-refractivity contribution in [1.82, 2.24) is 20.0 Å². The van der Waals surface area contributed by atoms with Crippen LogP contribution in [-0.4, -0.2) is 40.4 Å². The topological polar surface area (TPSA) is 33.1 Å². The Kier molecular flexibility index (Phi) is 6.26. The van der Waals surface area contributed by atoms with Crippen LogP contribution in [0.15, 0.2) is 4.47 Å². The standard InChI is InChI=1S/C16H29BrN4/c1-5-14-16(17)15(20(4)19-14)11-21-8-6-7-18-13(10-21)9-12(2)3/h12-13,18H,5-11H2,1-4H3. The molecule has 0 bridgehead atoms. The molecule has 0 amide bonds. The Morgan fingerprint density at radius 3 is 2.81 bits per heavy atom. The summed E-state index contributed by atoms with van der Waals surface area (Å²) in [6.07, 6.45) is 3.46. The summed E-state index contributed by atoms with van der Waals surface area (Å²) >= 11 is 3.74. The summed E-state index contributed by atoms with van der Waals surface area (Å²) in [4.78, 5) is 2.58. The van der Waals surface area contributed by atoms with Crippen molar-refractivity contribution in [2.24, 2.45) is 13.0 Å². The van der Waals surface area contributed by atoms with E-state index in [-0.39, 0.29) is 0 Å². The first kappa shape index (κ1) is 17.0. The summed E-state index contributed by atoms with van der Waals surface area (Å²) < 4.78 is 3.24. The average molecular weight is 357 g/mol. The maximum atomic E-state index is 4.61. The molecule has 1 aliphatic heterocycles. The monoisotopic (exact) mass is 356 g/mol. The smallest absolute Gasteiger partial charge is 0.0767 e. The van der Waals surface area contributed by atoms with E-state index in [2.05, 4.69) is 59.1 Å². The van der Waals surface area contributed by atoms with Crippen molar-refractivity contribution in [1.29, 1.82) is 0 Å². The van der Waals surface area contributed by atoms with Gasteiger partial charge in [-0.2, -0.15) is 5.10 Å². The minimum Gasteiger partial charge on any atom is -0.313 e. The number of hydrogen-bond acceptors (Lipinski definition) is 3. The maximum absolute atomic E-state index is 4.61. The lowest BCUT2D eigenvalue weighted by molar-refractivity contribution is 0.241. The summed E-state index contributed by atoms with van der Waals surface area (Å²) in [6.45, 7) is 11.2. The molecule has 21 heavy (non-hydrogen) atoms. The fraction of sp³-hybridized carbons (Fsp3) is 0.812. The van der Waals surface area contributed by atoms with E-state index in [1.165, 1.54) is 35.2 Å². The summed E-state index contributed by atoms with van der Waals surface area (Å²) in [6, 6.07) is 0.616. The van der Waals surface area contributed by atoms with E-state index in [9.17, 15) is 0 Å². The summed E-state index contributed by atoms with van der Waals surface area (Å²) in [5.41, 5.74) is 2.47. The number of nitrogens with one attached hydrogen (secondary N) is 1. The SMILES string of the molecule is CCc1nn(C)c(CN2CCCNC(CC(C)C)C2)c1Br. The molecule has 1 aromatic heterocycles. The highest BCUT2D eigenvalue weighted by atomic mass is 79.9. The van der Waals surface area contributed by atoms with Crippen molar-refractivity contribution in [3.63, 3.8) is 0 Å². The van der Waals surface area contributed by atoms with Gasteiger partial charge in [0.15, 0.2) is 0 Å². The Labute approximate surface area is 137 Å². The fourth-order valence-electron chi connectivity index (χ4n) is 3.15. The predicted octanol–water partition coefficient (Wildman–Crippen LogP) is 2.96. The molecule has 0 radical (unpaired) electrons. The molecule has 1 N–H and O–H groups in total. The third-order valence-electron chi connectivity index (χ3n) is 4.19. The van der Waals surface area contributed by atoms with Crippen molar-refractivity contribution >= 4 is 15.9 Å². The van der Waals surface area contributed by atoms with Gasteiger partial charge >= 0.3 is 0 Å². The average Bonchev–Trinajstić information content (AvgIpc) is 2.60. The normalized spacial score (nSPS) is 21.0. The summed E-state index contributed by atoms with van der Waals surface area (Å²) in [7, 11) is 2.06. The number of rotatable bonds is 5. The maximum Gasteiger partial charge on any atom is 0.0767 e. The van der Waals surface area contributed by atoms with Gasteiger partial charge in [0.2, 0.25) is 0 Å². The second kappa shape index (κ2) is 7.75. The van der Waals surface area contributed by atoms with E-state index < -0.39 is 0 Å². The molecule has 0 saturated carbocycles. The molecule has 2 rings (SSSR count). The van der Waals surface area contributed by atoms with E-state index in [4.69, 9.17) is 0 Å². The first-order chi connectivity index (χ1) is 10.0. The van der Waals surface area contributed by atoms with Gasteiger partial charge in [-0.1, -0.05) is 20.8 Å². The summed E-state index contributed by atoms with van der Waals surface area (Å²) in [5.74, 6) is 0.748. The van der Waals surface area contributed by atoms with Crippen LogP contribution in [0.1, 0.15) is 45.0 Å². The molecule has 1 aromatic rings. The molecule has 1 unspecified atom stereocenters. The van der Waals surface area contributed by atoms with E-state index in [0.717, 1.165) is 32.0 Å². The van der Waals surface area contributed by atoms with Gasteiger partial charge in [-0.25, -0.2) is 0 Å². The van der Waals surface area contributed by atoms with Crippen molar-refractivity contribution < 1.29 is 0 Å². The van der Waals surface area contributed by atoms with Crippen molar-refractivity contribution in [3.8, 4) is 0 Å². The summed E-state index contributed by atoms with van der Waals surface area (Å²) in [5, 5.41) is 8.31. The van der Waals surface area contributed by atoms with Crippen molar-refractivity contribution in [2.45, 2.75) is 52.6 Å². The van der Waals surface area contributed by atoms with E-state index in [1.807, 2.05) is 4.68 Å². The first-order valence-electron chi connectivity index (χ1n) is 8.17. The van der Waals surface area contributed by atoms with Gasteiger partial charge in [0.25, 0.3) is 0 Å². The Hall–Kier alpha value is -0.390. The molecule has 0 aromatic carbocycles. The predicted molar refractivity (Wildman–Crippen MR) is 91.4 cm³/mol. The van der Waals surface area contributed by atoms with Gasteiger partial charge < -0.3 is 5.32 Å². The van der Waals surface area contributed by atoms with Gasteiger partial charge in [-0.05, 0) is 54.2 Å². The fourth-order valence-corrected chi connectivity index (χ4v) is 3.89. The van der Waals surface area contributed by atoms with Crippen LogP contribution < -0.4 is 5.32 Å². The Morgan fingerprint density at radius 2 is 2.19 bits per heavy atom. The quantitative estimate of drug-likeness (QED) is 0.880. The molecule has 5 heteroatoms. The molecule has 1 saturated heterocycles. The molecule has 120 valence electrons. The molecule has 1 fully saturated rings. The van der Waals surface area contributed by atoms with E-state index in [1.54, 1.807) is 0 Å². The number of halogens is 1. The van der Waals surface area contributed by atoms with Crippen LogP contribution in [0.2, 0.25) is 0 Å². The van der Waals surface area contributed by atoms with Crippen LogP contribution in [0, 0.1) is 5.92 Å². The molecular formula is C16H29BrN4. The Morgan fingerprint density at radius 1 is 1.43 bits per heavy atom. The van der Waals surface area contributed by atoms with Crippen LogP contribution in [0.5, 0.6) is 0 Å². The third-order valence-corrected chi connectivity index (χ3v) is 5.11. The number of hydrogen-bond donors (Lipinski definition) is 1. The molecular weight excluding hydrogens is 328 g/mol. The minimum absolute atomic E-state index is 0.616. The zero-order chi connectivity index (χ0) is 15.4. The van der Waals surface area contributed by atoms with Gasteiger partial charge in [-0.15, -0.1) is 0 Å². The van der Waals surface area contributed by atoms with E-state index >= 15 is 0 Å². The van der Waals surface area contributed by atoms with Crippen molar-refractivity contribution in [3.05, 3.63) is 15.9 Å². The molecule has 0 aliphatic carbocycles. The van der Waals surface area contributed by atoms with Gasteiger partial charge in [0.1, 0.15) is 0 Å². The lowest BCUT2D eigenvalue weighted by Crippen LogP contribution is -2.38. The van der Waals surface area contributed by atoms with Crippen LogP contribution in [0.3, 0.4) is 0 Å². The molecule has 4 nitrogen and oxygen atoms in total. The zero-order valence-corrected chi connectivity index (χ0v) is 15.4. The highest BCUT2D eigenvalue weighted by Gasteiger charge is 2.21. The number of nitrogens with zero attached hydrogens (tertiary/aromatic N) is 3. The lowest BCUT2D eigenvalue weighted by Gasteiger charge is -2.25. The van der Waals surface area contributed by atoms with Crippen LogP contribution in [0.25, 0.3) is 0 Å². The minimum atomic E-state index is 0.616. The van der Waals surface area contributed by atoms with Crippen molar-refractivity contribution in [2.75, 3.05) is 19.6 Å². The second-order valence-corrected chi connectivity index (χ2v) is 7.35. The molecule has 1 atom stereocenters. The largest absolute Gasteiger partial charge is 0.313 e. The molecule has 0 spiro atoms. The van der Waals surface area contributed by atoms with Gasteiger partial charge in [0.05, 0.1) is 15.9 Å². The van der Waals surface area contributed by atoms with Crippen LogP contribution >= 0.6 is 15.9 Å². The van der Waals surface area contributed by atoms with Gasteiger partial charge in [0, 0.05) is 26.2 Å². The number of aromatic nitrogens is 2. The van der Waals surface area contributed by atoms with Crippen LogP contribution in [-0.2, 0) is 20.0 Å². The van der Waals surface area contributed by atoms with Gasteiger partial charge in [-0.3, -0.25) is 9.58 Å². The number of aryl methyl sites for hydroxylation is 2. The zero-order valence-electron chi connectivity index (χ0n) is 13.8. The molecule has 2 heterocycles. The molecule has 1 aliphatic rings. The third kappa shape index (κ3) is 4.54. The lowest BCUT2D eigenvalue weighted by atomic mass is 10.0. The second-order valence-electron chi connectivity index (χ2n) is 6.55. The Balaban J connectivity index is 2.05. The Bertz CT molecular complexity index is 455. The highest BCUT2D eigenvalue weighted by Crippen LogP contribution is 2.23.